The number of nitrogens with zero attached hydrogens (tertiary/aromatic N) is 3. The van der Waals surface area contributed by atoms with E-state index in [0.717, 1.165) is 15.8 Å². The second-order valence-electron chi connectivity index (χ2n) is 3.93. The minimum absolute atomic E-state index is 0.0707. The summed E-state index contributed by atoms with van der Waals surface area (Å²) in [4.78, 5) is 10.6. The molecule has 0 bridgehead atoms. The molecule has 19 heavy (non-hydrogen) atoms. The van der Waals surface area contributed by atoms with Gasteiger partial charge in [0.1, 0.15) is 12.4 Å². The largest absolute Gasteiger partial charge is 0.491 e. The van der Waals surface area contributed by atoms with Crippen LogP contribution in [0.1, 0.15) is 16.1 Å². The summed E-state index contributed by atoms with van der Waals surface area (Å²) in [6.45, 7) is 2.78. The number of aromatic nitrogens is 3. The van der Waals surface area contributed by atoms with Gasteiger partial charge < -0.3 is 9.84 Å². The summed E-state index contributed by atoms with van der Waals surface area (Å²) in [7, 11) is 0. The van der Waals surface area contributed by atoms with Crippen molar-refractivity contribution in [3.8, 4) is 5.75 Å². The number of carbonyl (C=O) groups is 1. The average Bonchev–Trinajstić information content (AvgIpc) is 2.82. The molecule has 1 aromatic heterocycles. The monoisotopic (exact) mass is 325 g/mol. The minimum atomic E-state index is -1.09. The van der Waals surface area contributed by atoms with Gasteiger partial charge in [-0.25, -0.2) is 9.48 Å². The molecule has 0 fully saturated rings. The molecule has 0 aliphatic carbocycles. The number of carboxylic acid groups (broad SMARTS) is 1. The van der Waals surface area contributed by atoms with Crippen LogP contribution in [0.5, 0.6) is 5.75 Å². The van der Waals surface area contributed by atoms with Crippen molar-refractivity contribution in [1.82, 2.24) is 15.0 Å². The summed E-state index contributed by atoms with van der Waals surface area (Å²) in [5, 5.41) is 15.9. The van der Waals surface area contributed by atoms with E-state index in [1.807, 2.05) is 25.1 Å². The molecular weight excluding hydrogens is 314 g/mol. The van der Waals surface area contributed by atoms with Crippen LogP contribution < -0.4 is 4.74 Å². The van der Waals surface area contributed by atoms with Crippen molar-refractivity contribution in [2.75, 3.05) is 6.61 Å². The number of carboxylic acids is 1. The Morgan fingerprint density at radius 3 is 3.00 bits per heavy atom. The van der Waals surface area contributed by atoms with E-state index in [1.54, 1.807) is 0 Å². The van der Waals surface area contributed by atoms with Crippen molar-refractivity contribution < 1.29 is 14.6 Å². The summed E-state index contributed by atoms with van der Waals surface area (Å²) >= 11 is 3.38. The van der Waals surface area contributed by atoms with Gasteiger partial charge in [-0.15, -0.1) is 5.10 Å². The Balaban J connectivity index is 1.92. The summed E-state index contributed by atoms with van der Waals surface area (Å²) < 4.78 is 8.01. The Kier molecular flexibility index (Phi) is 4.16. The van der Waals surface area contributed by atoms with Crippen LogP contribution in [0, 0.1) is 6.92 Å². The molecule has 0 saturated carbocycles. The first-order valence-electron chi connectivity index (χ1n) is 5.58. The lowest BCUT2D eigenvalue weighted by molar-refractivity contribution is 0.0690. The van der Waals surface area contributed by atoms with Gasteiger partial charge in [0.15, 0.2) is 5.69 Å². The summed E-state index contributed by atoms with van der Waals surface area (Å²) in [6.07, 6.45) is 1.37. The van der Waals surface area contributed by atoms with Gasteiger partial charge in [-0.05, 0) is 24.6 Å². The molecule has 6 nitrogen and oxygen atoms in total. The number of hydrogen-bond acceptors (Lipinski definition) is 4. The van der Waals surface area contributed by atoms with Crippen molar-refractivity contribution >= 4 is 21.9 Å². The van der Waals surface area contributed by atoms with E-state index in [-0.39, 0.29) is 5.69 Å². The highest BCUT2D eigenvalue weighted by Crippen LogP contribution is 2.22. The minimum Gasteiger partial charge on any atom is -0.491 e. The molecule has 100 valence electrons. The fourth-order valence-electron chi connectivity index (χ4n) is 1.48. The van der Waals surface area contributed by atoms with Crippen molar-refractivity contribution in [3.05, 3.63) is 40.1 Å². The van der Waals surface area contributed by atoms with E-state index in [1.165, 1.54) is 10.9 Å². The third-order valence-corrected chi connectivity index (χ3v) is 2.98. The zero-order chi connectivity index (χ0) is 13.8. The van der Waals surface area contributed by atoms with Gasteiger partial charge in [-0.1, -0.05) is 27.2 Å². The first kappa shape index (κ1) is 13.5. The third kappa shape index (κ3) is 3.54. The molecule has 7 heteroatoms. The predicted octanol–water partition coefficient (Wildman–Crippen LogP) is 2.13. The molecular formula is C12H12BrN3O3. The van der Waals surface area contributed by atoms with Gasteiger partial charge in [-0.2, -0.15) is 0 Å². The maximum absolute atomic E-state index is 10.6. The first-order chi connectivity index (χ1) is 9.06. The van der Waals surface area contributed by atoms with Gasteiger partial charge in [0.05, 0.1) is 12.7 Å². The second kappa shape index (κ2) is 5.83. The van der Waals surface area contributed by atoms with E-state index in [0.29, 0.717) is 13.2 Å². The van der Waals surface area contributed by atoms with Gasteiger partial charge in [0, 0.05) is 4.47 Å². The van der Waals surface area contributed by atoms with Crippen molar-refractivity contribution in [3.63, 3.8) is 0 Å². The Morgan fingerprint density at radius 2 is 2.32 bits per heavy atom. The van der Waals surface area contributed by atoms with Crippen LogP contribution in [-0.2, 0) is 6.54 Å². The molecule has 0 radical (unpaired) electrons. The standard InChI is InChI=1S/C12H12BrN3O3/c1-8-2-3-9(13)6-11(8)19-5-4-16-7-10(12(17)18)14-15-16/h2-3,6-7H,4-5H2,1H3,(H,17,18). The number of aryl methyl sites for hydroxylation is 1. The van der Waals surface area contributed by atoms with Crippen LogP contribution >= 0.6 is 15.9 Å². The molecule has 0 amide bonds. The number of halogens is 1. The first-order valence-corrected chi connectivity index (χ1v) is 6.38. The quantitative estimate of drug-likeness (QED) is 0.911. The highest BCUT2D eigenvalue weighted by Gasteiger charge is 2.08. The topological polar surface area (TPSA) is 77.2 Å². The predicted molar refractivity (Wildman–Crippen MR) is 71.4 cm³/mol. The number of ether oxygens (including phenoxy) is 1. The van der Waals surface area contributed by atoms with Crippen LogP contribution in [0.25, 0.3) is 0 Å². The van der Waals surface area contributed by atoms with Gasteiger partial charge in [0.2, 0.25) is 0 Å². The fourth-order valence-corrected chi connectivity index (χ4v) is 1.82. The summed E-state index contributed by atoms with van der Waals surface area (Å²) in [6, 6.07) is 5.79. The van der Waals surface area contributed by atoms with Crippen molar-refractivity contribution in [1.29, 1.82) is 0 Å². The number of benzene rings is 1. The molecule has 1 N–H and O–H groups in total. The Morgan fingerprint density at radius 1 is 1.53 bits per heavy atom. The van der Waals surface area contributed by atoms with Crippen LogP contribution in [0.2, 0.25) is 0 Å². The van der Waals surface area contributed by atoms with E-state index in [2.05, 4.69) is 26.2 Å². The Labute approximate surface area is 118 Å². The lowest BCUT2D eigenvalue weighted by atomic mass is 10.2. The van der Waals surface area contributed by atoms with Gasteiger partial charge in [-0.3, -0.25) is 0 Å². The Bertz CT molecular complexity index is 598. The average molecular weight is 326 g/mol. The molecule has 1 aromatic carbocycles. The number of hydrogen-bond donors (Lipinski definition) is 1. The highest BCUT2D eigenvalue weighted by atomic mass is 79.9. The maximum Gasteiger partial charge on any atom is 0.358 e. The zero-order valence-corrected chi connectivity index (χ0v) is 11.8. The SMILES string of the molecule is Cc1ccc(Br)cc1OCCn1cc(C(=O)O)nn1. The lowest BCUT2D eigenvalue weighted by Gasteiger charge is -2.09. The summed E-state index contributed by atoms with van der Waals surface area (Å²) in [5.41, 5.74) is 0.964. The smallest absolute Gasteiger partial charge is 0.358 e. The number of aromatic carboxylic acids is 1. The van der Waals surface area contributed by atoms with Crippen molar-refractivity contribution in [2.45, 2.75) is 13.5 Å². The van der Waals surface area contributed by atoms with E-state index in [9.17, 15) is 4.79 Å². The molecule has 2 aromatic rings. The molecule has 0 aliphatic rings. The van der Waals surface area contributed by atoms with Crippen molar-refractivity contribution in [2.24, 2.45) is 0 Å². The van der Waals surface area contributed by atoms with Gasteiger partial charge in [0.25, 0.3) is 0 Å². The van der Waals surface area contributed by atoms with E-state index < -0.39 is 5.97 Å². The van der Waals surface area contributed by atoms with Crippen LogP contribution in [0.3, 0.4) is 0 Å². The Hall–Kier alpha value is -1.89. The molecule has 0 spiro atoms. The van der Waals surface area contributed by atoms with Gasteiger partial charge >= 0.3 is 5.97 Å². The third-order valence-electron chi connectivity index (χ3n) is 2.49. The van der Waals surface area contributed by atoms with Crippen LogP contribution in [0.15, 0.2) is 28.9 Å². The zero-order valence-electron chi connectivity index (χ0n) is 10.2. The van der Waals surface area contributed by atoms with E-state index in [4.69, 9.17) is 9.84 Å². The maximum atomic E-state index is 10.6. The molecule has 0 unspecified atom stereocenters. The normalized spacial score (nSPS) is 10.4. The molecule has 2 rings (SSSR count). The van der Waals surface area contributed by atoms with Crippen LogP contribution in [0.4, 0.5) is 0 Å². The number of rotatable bonds is 5. The molecule has 0 aliphatic heterocycles. The fraction of sp³-hybridized carbons (Fsp3) is 0.250. The van der Waals surface area contributed by atoms with Crippen LogP contribution in [-0.4, -0.2) is 32.7 Å². The molecule has 0 saturated heterocycles. The van der Waals surface area contributed by atoms with E-state index >= 15 is 0 Å². The summed E-state index contributed by atoms with van der Waals surface area (Å²) in [5.74, 6) is -0.303. The highest BCUT2D eigenvalue weighted by molar-refractivity contribution is 9.10. The second-order valence-corrected chi connectivity index (χ2v) is 4.85. The molecule has 0 atom stereocenters. The lowest BCUT2D eigenvalue weighted by Crippen LogP contribution is -2.09. The molecule has 1 heterocycles.